The first-order valence-corrected chi connectivity index (χ1v) is 7.54. The molecule has 1 fully saturated rings. The Balaban J connectivity index is 2.26. The molecule has 0 aromatic heterocycles. The molecule has 1 aliphatic carbocycles. The van der Waals surface area contributed by atoms with E-state index in [1.807, 2.05) is 18.2 Å². The molecule has 1 aliphatic rings. The van der Waals surface area contributed by atoms with E-state index >= 15 is 0 Å². The zero-order valence-electron chi connectivity index (χ0n) is 12.9. The van der Waals surface area contributed by atoms with E-state index in [2.05, 4.69) is 5.43 Å². The molecule has 116 valence electrons. The highest BCUT2D eigenvalue weighted by molar-refractivity contribution is 5.99. The van der Waals surface area contributed by atoms with Crippen LogP contribution in [0.15, 0.2) is 23.2 Å². The summed E-state index contributed by atoms with van der Waals surface area (Å²) >= 11 is 0. The summed E-state index contributed by atoms with van der Waals surface area (Å²) in [6, 6.07) is 6.01. The first-order valence-electron chi connectivity index (χ1n) is 7.54. The van der Waals surface area contributed by atoms with Gasteiger partial charge in [-0.05, 0) is 25.0 Å². The second-order valence-corrected chi connectivity index (χ2v) is 5.37. The topological polar surface area (TPSA) is 68.9 Å². The van der Waals surface area contributed by atoms with Crippen molar-refractivity contribution in [2.45, 2.75) is 44.6 Å². The van der Waals surface area contributed by atoms with Crippen LogP contribution in [0.2, 0.25) is 0 Å². The first-order chi connectivity index (χ1) is 10.3. The van der Waals surface area contributed by atoms with Crippen LogP contribution in [0.5, 0.6) is 11.5 Å². The molecule has 1 aromatic rings. The number of methoxy groups -OCH3 is 2. The smallest absolute Gasteiger partial charge is 0.143 e. The lowest BCUT2D eigenvalue weighted by Crippen LogP contribution is -2.32. The van der Waals surface area contributed by atoms with Crippen LogP contribution in [0.3, 0.4) is 0 Å². The zero-order valence-corrected chi connectivity index (χ0v) is 12.9. The van der Waals surface area contributed by atoms with Crippen molar-refractivity contribution in [3.05, 3.63) is 23.8 Å². The van der Waals surface area contributed by atoms with Crippen molar-refractivity contribution in [2.24, 2.45) is 10.8 Å². The molecule has 0 aliphatic heterocycles. The lowest BCUT2D eigenvalue weighted by Gasteiger charge is -2.14. The third-order valence-electron chi connectivity index (χ3n) is 3.90. The number of benzene rings is 1. The lowest BCUT2D eigenvalue weighted by molar-refractivity contribution is 0.394. The Kier molecular flexibility index (Phi) is 5.87. The van der Waals surface area contributed by atoms with E-state index in [-0.39, 0.29) is 0 Å². The highest BCUT2D eigenvalue weighted by atomic mass is 16.5. The second-order valence-electron chi connectivity index (χ2n) is 5.37. The minimum atomic E-state index is 0.343. The van der Waals surface area contributed by atoms with Gasteiger partial charge in [-0.2, -0.15) is 0 Å². The fourth-order valence-electron chi connectivity index (χ4n) is 2.71. The predicted octanol–water partition coefficient (Wildman–Crippen LogP) is 2.64. The number of nitrogens with two attached hydrogens (primary N) is 1. The first kappa shape index (κ1) is 15.6. The van der Waals surface area contributed by atoms with Gasteiger partial charge in [0.15, 0.2) is 0 Å². The van der Waals surface area contributed by atoms with E-state index < -0.39 is 0 Å². The van der Waals surface area contributed by atoms with Crippen LogP contribution in [0.1, 0.15) is 44.1 Å². The number of amidine groups is 1. The standard InChI is InChI=1S/C16H25N3O2/c1-20-14-9-12(10-15(11-14)21-2)16(19-17)18-13-7-5-3-4-6-8-13/h9-11,13H,3-8,17H2,1-2H3,(H,18,19). The highest BCUT2D eigenvalue weighted by Crippen LogP contribution is 2.24. The monoisotopic (exact) mass is 291 g/mol. The molecule has 0 heterocycles. The molecule has 2 rings (SSSR count). The second kappa shape index (κ2) is 7.88. The fraction of sp³-hybridized carbons (Fsp3) is 0.562. The van der Waals surface area contributed by atoms with Crippen molar-refractivity contribution in [3.63, 3.8) is 0 Å². The minimum absolute atomic E-state index is 0.343. The number of rotatable bonds is 4. The van der Waals surface area contributed by atoms with Crippen LogP contribution in [-0.2, 0) is 0 Å². The van der Waals surface area contributed by atoms with Gasteiger partial charge in [0, 0.05) is 11.6 Å². The van der Waals surface area contributed by atoms with Gasteiger partial charge in [0.25, 0.3) is 0 Å². The highest BCUT2D eigenvalue weighted by Gasteiger charge is 2.14. The molecule has 0 unspecified atom stereocenters. The minimum Gasteiger partial charge on any atom is -0.497 e. The van der Waals surface area contributed by atoms with Crippen LogP contribution in [0, 0.1) is 0 Å². The third kappa shape index (κ3) is 4.36. The maximum atomic E-state index is 5.68. The van der Waals surface area contributed by atoms with Gasteiger partial charge in [-0.1, -0.05) is 25.7 Å². The van der Waals surface area contributed by atoms with E-state index in [4.69, 9.17) is 20.3 Å². The molecule has 0 amide bonds. The third-order valence-corrected chi connectivity index (χ3v) is 3.90. The maximum Gasteiger partial charge on any atom is 0.143 e. The SMILES string of the molecule is COc1cc(OC)cc(C(=NC2CCCCCC2)NN)c1. The van der Waals surface area contributed by atoms with Crippen LogP contribution in [-0.4, -0.2) is 26.1 Å². The van der Waals surface area contributed by atoms with Crippen LogP contribution in [0.4, 0.5) is 0 Å². The molecule has 1 saturated carbocycles. The molecular formula is C16H25N3O2. The number of hydrogen-bond donors (Lipinski definition) is 2. The van der Waals surface area contributed by atoms with E-state index in [1.165, 1.54) is 25.7 Å². The Morgan fingerprint density at radius 3 is 2.10 bits per heavy atom. The van der Waals surface area contributed by atoms with Gasteiger partial charge < -0.3 is 14.9 Å². The zero-order chi connectivity index (χ0) is 15.1. The van der Waals surface area contributed by atoms with Gasteiger partial charge in [0.2, 0.25) is 0 Å². The number of hydrazine groups is 1. The maximum absolute atomic E-state index is 5.68. The molecule has 5 heteroatoms. The fourth-order valence-corrected chi connectivity index (χ4v) is 2.71. The summed E-state index contributed by atoms with van der Waals surface area (Å²) in [7, 11) is 3.27. The molecule has 1 aromatic carbocycles. The normalized spacial score (nSPS) is 17.2. The Morgan fingerprint density at radius 1 is 1.05 bits per heavy atom. The van der Waals surface area contributed by atoms with Crippen LogP contribution in [0.25, 0.3) is 0 Å². The van der Waals surface area contributed by atoms with Crippen molar-refractivity contribution in [1.29, 1.82) is 0 Å². The molecule has 3 N–H and O–H groups in total. The lowest BCUT2D eigenvalue weighted by atomic mass is 10.1. The van der Waals surface area contributed by atoms with Crippen molar-refractivity contribution < 1.29 is 9.47 Å². The quantitative estimate of drug-likeness (QED) is 0.294. The van der Waals surface area contributed by atoms with Crippen LogP contribution >= 0.6 is 0 Å². The van der Waals surface area contributed by atoms with Crippen molar-refractivity contribution in [3.8, 4) is 11.5 Å². The van der Waals surface area contributed by atoms with Crippen LogP contribution < -0.4 is 20.7 Å². The average molecular weight is 291 g/mol. The Labute approximate surface area is 126 Å². The molecule has 5 nitrogen and oxygen atoms in total. The predicted molar refractivity (Wildman–Crippen MR) is 84.9 cm³/mol. The molecule has 21 heavy (non-hydrogen) atoms. The van der Waals surface area contributed by atoms with E-state index in [9.17, 15) is 0 Å². The summed E-state index contributed by atoms with van der Waals surface area (Å²) in [4.78, 5) is 4.80. The molecule has 0 saturated heterocycles. The van der Waals surface area contributed by atoms with Gasteiger partial charge in [0.1, 0.15) is 17.3 Å². The van der Waals surface area contributed by atoms with Crippen molar-refractivity contribution in [1.82, 2.24) is 5.43 Å². The molecule has 0 atom stereocenters. The average Bonchev–Trinajstić information content (AvgIpc) is 2.80. The number of nitrogens with one attached hydrogen (secondary N) is 1. The number of hydrogen-bond acceptors (Lipinski definition) is 4. The van der Waals surface area contributed by atoms with Gasteiger partial charge in [0.05, 0.1) is 20.3 Å². The van der Waals surface area contributed by atoms with Gasteiger partial charge in [-0.25, -0.2) is 5.84 Å². The van der Waals surface area contributed by atoms with Crippen molar-refractivity contribution in [2.75, 3.05) is 14.2 Å². The van der Waals surface area contributed by atoms with Gasteiger partial charge >= 0.3 is 0 Å². The van der Waals surface area contributed by atoms with Crippen molar-refractivity contribution >= 4 is 5.84 Å². The van der Waals surface area contributed by atoms with E-state index in [0.29, 0.717) is 11.9 Å². The number of ether oxygens (including phenoxy) is 2. The Hall–Kier alpha value is -1.75. The summed E-state index contributed by atoms with van der Waals surface area (Å²) in [6.45, 7) is 0. The molecule has 0 radical (unpaired) electrons. The molecule has 0 bridgehead atoms. The molecular weight excluding hydrogens is 266 g/mol. The molecule has 0 spiro atoms. The van der Waals surface area contributed by atoms with Gasteiger partial charge in [-0.15, -0.1) is 0 Å². The largest absolute Gasteiger partial charge is 0.497 e. The number of nitrogens with zero attached hydrogens (tertiary/aromatic N) is 1. The van der Waals surface area contributed by atoms with E-state index in [1.54, 1.807) is 14.2 Å². The summed E-state index contributed by atoms with van der Waals surface area (Å²) in [6.07, 6.45) is 7.37. The Morgan fingerprint density at radius 2 is 1.62 bits per heavy atom. The van der Waals surface area contributed by atoms with E-state index in [0.717, 1.165) is 29.9 Å². The summed E-state index contributed by atoms with van der Waals surface area (Å²) in [5.74, 6) is 7.83. The number of aliphatic imine (C=N–C) groups is 1. The summed E-state index contributed by atoms with van der Waals surface area (Å²) in [5.41, 5.74) is 3.61. The summed E-state index contributed by atoms with van der Waals surface area (Å²) in [5, 5.41) is 0. The van der Waals surface area contributed by atoms with Gasteiger partial charge in [-0.3, -0.25) is 4.99 Å². The Bertz CT molecular complexity index is 458. The summed E-state index contributed by atoms with van der Waals surface area (Å²) < 4.78 is 10.6.